The van der Waals surface area contributed by atoms with Crippen molar-refractivity contribution in [3.8, 4) is 17.3 Å². The number of alkyl halides is 3. The summed E-state index contributed by atoms with van der Waals surface area (Å²) in [6, 6.07) is 4.22. The molecule has 14 heteroatoms. The number of halogens is 3. The summed E-state index contributed by atoms with van der Waals surface area (Å²) in [5, 5.41) is 12.5. The van der Waals surface area contributed by atoms with E-state index in [0.717, 1.165) is 42.5 Å². The molecule has 2 bridgehead atoms. The molecule has 236 valence electrons. The van der Waals surface area contributed by atoms with E-state index in [4.69, 9.17) is 24.2 Å². The average molecular weight is 640 g/mol. The van der Waals surface area contributed by atoms with Gasteiger partial charge in [0.15, 0.2) is 0 Å². The number of hydrogen-bond acceptors (Lipinski definition) is 10. The van der Waals surface area contributed by atoms with E-state index in [2.05, 4.69) is 25.4 Å². The minimum absolute atomic E-state index is 0.00879. The van der Waals surface area contributed by atoms with Crippen molar-refractivity contribution < 1.29 is 27.4 Å². The zero-order chi connectivity index (χ0) is 30.9. The second kappa shape index (κ2) is 10.7. The van der Waals surface area contributed by atoms with E-state index in [1.54, 1.807) is 6.20 Å². The van der Waals surface area contributed by atoms with Crippen molar-refractivity contribution in [1.82, 2.24) is 30.5 Å². The first-order valence-corrected chi connectivity index (χ1v) is 16.0. The zero-order valence-corrected chi connectivity index (χ0v) is 25.6. The quantitative estimate of drug-likeness (QED) is 0.234. The summed E-state index contributed by atoms with van der Waals surface area (Å²) in [5.41, 5.74) is -0.432. The third-order valence-corrected chi connectivity index (χ3v) is 10.3. The van der Waals surface area contributed by atoms with Gasteiger partial charge in [-0.2, -0.15) is 28.2 Å². The van der Waals surface area contributed by atoms with Gasteiger partial charge in [-0.3, -0.25) is 10.1 Å². The largest absolute Gasteiger partial charge is 0.460 e. The van der Waals surface area contributed by atoms with E-state index in [-0.39, 0.29) is 29.4 Å². The van der Waals surface area contributed by atoms with E-state index in [0.29, 0.717) is 58.8 Å². The molecule has 2 N–H and O–H groups in total. The topological polar surface area (TPSA) is 110 Å². The maximum atomic E-state index is 14.6. The first-order valence-electron chi connectivity index (χ1n) is 15.2. The number of hydrogen-bond donors (Lipinski definition) is 2. The van der Waals surface area contributed by atoms with Gasteiger partial charge in [-0.1, -0.05) is 0 Å². The van der Waals surface area contributed by atoms with Gasteiger partial charge in [0.05, 0.1) is 39.7 Å². The maximum Gasteiger partial charge on any atom is 0.417 e. The molecule has 3 saturated heterocycles. The van der Waals surface area contributed by atoms with E-state index >= 15 is 0 Å². The van der Waals surface area contributed by atoms with Crippen LogP contribution in [0.1, 0.15) is 37.3 Å². The molecule has 0 spiro atoms. The Kier molecular flexibility index (Phi) is 6.89. The van der Waals surface area contributed by atoms with Gasteiger partial charge in [0.25, 0.3) is 0 Å². The van der Waals surface area contributed by atoms with Crippen LogP contribution in [0, 0.1) is 6.92 Å². The van der Waals surface area contributed by atoms with Crippen molar-refractivity contribution in [2.75, 3.05) is 44.4 Å². The highest BCUT2D eigenvalue weighted by atomic mass is 32.1. The van der Waals surface area contributed by atoms with E-state index < -0.39 is 17.3 Å². The molecular weight excluding hydrogens is 607 g/mol. The molecule has 10 nitrogen and oxygen atoms in total. The predicted molar refractivity (Wildman–Crippen MR) is 165 cm³/mol. The number of fused-ring (bicyclic) bond motifs is 6. The van der Waals surface area contributed by atoms with Gasteiger partial charge < -0.3 is 24.4 Å². The van der Waals surface area contributed by atoms with Crippen LogP contribution in [0.2, 0.25) is 0 Å². The summed E-state index contributed by atoms with van der Waals surface area (Å²) in [5.74, 6) is 0.721. The van der Waals surface area contributed by atoms with Crippen molar-refractivity contribution >= 4 is 48.4 Å². The number of anilines is 1. The van der Waals surface area contributed by atoms with Gasteiger partial charge in [0.1, 0.15) is 22.9 Å². The molecule has 8 rings (SSSR count). The summed E-state index contributed by atoms with van der Waals surface area (Å²) in [4.78, 5) is 17.3. The lowest BCUT2D eigenvalue weighted by Gasteiger charge is -2.34. The summed E-state index contributed by atoms with van der Waals surface area (Å²) in [6.07, 6.45) is 1.28. The van der Waals surface area contributed by atoms with Crippen LogP contribution in [0.3, 0.4) is 0 Å². The smallest absolute Gasteiger partial charge is 0.417 e. The lowest BCUT2D eigenvalue weighted by Crippen LogP contribution is -2.51. The molecule has 3 unspecified atom stereocenters. The Balaban J connectivity index is 1.32. The van der Waals surface area contributed by atoms with Gasteiger partial charge in [-0.15, -0.1) is 11.3 Å². The Bertz CT molecular complexity index is 1910. The number of thiophene rings is 1. The molecule has 0 aliphatic carbocycles. The third kappa shape index (κ3) is 4.89. The number of benzene rings is 1. The molecule has 3 aliphatic heterocycles. The van der Waals surface area contributed by atoms with Crippen LogP contribution in [0.4, 0.5) is 19.0 Å². The number of nitrogens with zero attached hydrogens (tertiary/aromatic N) is 5. The Morgan fingerprint density at radius 3 is 2.73 bits per heavy atom. The fourth-order valence-electron chi connectivity index (χ4n) is 7.20. The van der Waals surface area contributed by atoms with Crippen LogP contribution in [0.5, 0.6) is 6.01 Å². The van der Waals surface area contributed by atoms with Gasteiger partial charge in [0, 0.05) is 67.3 Å². The molecule has 0 saturated carbocycles. The van der Waals surface area contributed by atoms with Crippen LogP contribution < -0.4 is 15.0 Å². The third-order valence-electron chi connectivity index (χ3n) is 9.17. The van der Waals surface area contributed by atoms with Crippen LogP contribution in [0.15, 0.2) is 24.5 Å². The number of rotatable bonds is 7. The predicted octanol–water partition coefficient (Wildman–Crippen LogP) is 5.63. The minimum atomic E-state index is -4.60. The van der Waals surface area contributed by atoms with Crippen molar-refractivity contribution in [2.45, 2.75) is 57.0 Å². The van der Waals surface area contributed by atoms with Gasteiger partial charge >= 0.3 is 12.2 Å². The number of piperazine rings is 1. The molecule has 3 atom stereocenters. The molecule has 45 heavy (non-hydrogen) atoms. The van der Waals surface area contributed by atoms with Gasteiger partial charge in [0.2, 0.25) is 0 Å². The summed E-state index contributed by atoms with van der Waals surface area (Å²) in [6.45, 7) is 6.71. The molecule has 3 fully saturated rings. The van der Waals surface area contributed by atoms with Crippen LogP contribution >= 0.6 is 11.3 Å². The van der Waals surface area contributed by atoms with E-state index in [1.165, 1.54) is 30.5 Å². The molecule has 1 aromatic carbocycles. The average Bonchev–Trinajstić information content (AvgIpc) is 3.81. The van der Waals surface area contributed by atoms with Crippen LogP contribution in [-0.4, -0.2) is 82.4 Å². The van der Waals surface area contributed by atoms with Crippen molar-refractivity contribution in [2.24, 2.45) is 0 Å². The van der Waals surface area contributed by atoms with Crippen molar-refractivity contribution in [3.63, 3.8) is 0 Å². The summed E-state index contributed by atoms with van der Waals surface area (Å²) >= 11 is 1.31. The minimum Gasteiger partial charge on any atom is -0.460 e. The van der Waals surface area contributed by atoms with E-state index in [9.17, 15) is 13.2 Å². The maximum absolute atomic E-state index is 14.6. The number of H-pyrrole nitrogens is 1. The standard InChI is InChI=1S/C31H32F3N7O3S/c1-3-44-30(7-9-42-14-30)15-43-29-38-27(41-12-17-4-5-18(13-41)37-17)23-19-6-8-35-25(26(19)45-28(23)39-29)22-20-11-36-40-21(20)10-16(2)24(22)31(32,33)34/h6,8,10-11,17-18,37H,3-5,7,9,12-15H2,1-2H3,(H,36,40). The summed E-state index contributed by atoms with van der Waals surface area (Å²) in [7, 11) is 0. The molecule has 4 aromatic heterocycles. The number of nitrogens with one attached hydrogen (secondary N) is 2. The summed E-state index contributed by atoms with van der Waals surface area (Å²) < 4.78 is 62.5. The number of pyridine rings is 1. The first-order chi connectivity index (χ1) is 21.7. The fourth-order valence-corrected chi connectivity index (χ4v) is 8.35. The Labute approximate surface area is 260 Å². The van der Waals surface area contributed by atoms with E-state index in [1.807, 2.05) is 13.0 Å². The monoisotopic (exact) mass is 639 g/mol. The molecule has 0 amide bonds. The highest BCUT2D eigenvalue weighted by Crippen LogP contribution is 2.48. The molecule has 5 aromatic rings. The van der Waals surface area contributed by atoms with Crippen molar-refractivity contribution in [3.05, 3.63) is 35.7 Å². The van der Waals surface area contributed by atoms with Crippen LogP contribution in [0.25, 0.3) is 42.5 Å². The molecular formula is C31H32F3N7O3S. The zero-order valence-electron chi connectivity index (χ0n) is 24.8. The second-order valence-corrected chi connectivity index (χ2v) is 13.2. The Hall–Kier alpha value is -3.59. The lowest BCUT2D eigenvalue weighted by molar-refractivity contribution is -0.137. The number of aryl methyl sites for hydroxylation is 1. The lowest BCUT2D eigenvalue weighted by atomic mass is 9.94. The Morgan fingerprint density at radius 1 is 1.18 bits per heavy atom. The highest BCUT2D eigenvalue weighted by Gasteiger charge is 2.40. The molecule has 3 aliphatic rings. The number of aromatic nitrogens is 5. The number of ether oxygens (including phenoxy) is 3. The number of aromatic amines is 1. The molecule has 7 heterocycles. The normalized spacial score (nSPS) is 23.6. The second-order valence-electron chi connectivity index (χ2n) is 12.2. The van der Waals surface area contributed by atoms with Crippen molar-refractivity contribution in [1.29, 1.82) is 0 Å². The molecule has 0 radical (unpaired) electrons. The first kappa shape index (κ1) is 28.9. The van der Waals surface area contributed by atoms with Gasteiger partial charge in [-0.25, -0.2) is 0 Å². The fraction of sp³-hybridized carbons (Fsp3) is 0.484. The van der Waals surface area contributed by atoms with Gasteiger partial charge in [-0.05, 0) is 44.4 Å². The Morgan fingerprint density at radius 2 is 2.00 bits per heavy atom. The van der Waals surface area contributed by atoms with Crippen LogP contribution in [-0.2, 0) is 15.7 Å². The highest BCUT2D eigenvalue weighted by molar-refractivity contribution is 7.26. The SMILES string of the molecule is CCOC1(COc2nc(N3CC4CCC(C3)N4)c3c(n2)sc2c(-c4c(C(F)(F)F)c(C)cc5[nH]ncc45)nccc23)CCOC1.